The normalized spacial score (nSPS) is 17.1. The molecule has 5 heteroatoms. The molecule has 2 aromatic rings. The molecule has 1 aliphatic rings. The van der Waals surface area contributed by atoms with Crippen LogP contribution in [0.25, 0.3) is 0 Å². The molecule has 5 nitrogen and oxygen atoms in total. The minimum atomic E-state index is -0.0817. The number of hydrogen-bond acceptors (Lipinski definition) is 4. The van der Waals surface area contributed by atoms with Crippen LogP contribution >= 0.6 is 0 Å². The molecule has 0 saturated carbocycles. The number of methoxy groups -OCH3 is 1. The first-order valence-electron chi connectivity index (χ1n) is 10.0. The highest BCUT2D eigenvalue weighted by atomic mass is 16.5. The summed E-state index contributed by atoms with van der Waals surface area (Å²) in [5, 5.41) is 2.90. The number of benzene rings is 2. The van der Waals surface area contributed by atoms with E-state index in [2.05, 4.69) is 29.3 Å². The lowest BCUT2D eigenvalue weighted by Gasteiger charge is -2.30. The van der Waals surface area contributed by atoms with E-state index in [4.69, 9.17) is 9.47 Å². The Bertz CT molecular complexity index is 761. The van der Waals surface area contributed by atoms with Crippen LogP contribution in [-0.4, -0.2) is 44.2 Å². The van der Waals surface area contributed by atoms with E-state index in [1.54, 1.807) is 7.11 Å². The third kappa shape index (κ3) is 5.73. The Hall–Kier alpha value is -2.53. The third-order valence-electron chi connectivity index (χ3n) is 5.08. The highest BCUT2D eigenvalue weighted by Gasteiger charge is 2.16. The lowest BCUT2D eigenvalue weighted by atomic mass is 9.99. The molecule has 0 aromatic heterocycles. The van der Waals surface area contributed by atoms with Crippen molar-refractivity contribution in [2.75, 3.05) is 33.4 Å². The smallest absolute Gasteiger partial charge is 0.251 e. The van der Waals surface area contributed by atoms with Crippen LogP contribution in [-0.2, 0) is 6.54 Å². The molecule has 0 unspecified atom stereocenters. The summed E-state index contributed by atoms with van der Waals surface area (Å²) in [5.41, 5.74) is 1.93. The number of hydrogen-bond donors (Lipinski definition) is 1. The Morgan fingerprint density at radius 2 is 1.89 bits per heavy atom. The number of ether oxygens (including phenoxy) is 2. The van der Waals surface area contributed by atoms with Crippen molar-refractivity contribution in [1.82, 2.24) is 10.2 Å². The second-order valence-electron chi connectivity index (χ2n) is 7.43. The van der Waals surface area contributed by atoms with E-state index in [1.807, 2.05) is 36.4 Å². The summed E-state index contributed by atoms with van der Waals surface area (Å²) < 4.78 is 10.9. The maximum atomic E-state index is 12.3. The number of para-hydroxylation sites is 2. The number of likely N-dealkylation sites (tertiary alicyclic amines) is 1. The molecule has 0 radical (unpaired) electrons. The predicted octanol–water partition coefficient (Wildman–Crippen LogP) is 3.74. The molecule has 0 bridgehead atoms. The molecule has 150 valence electrons. The van der Waals surface area contributed by atoms with Gasteiger partial charge in [0.05, 0.1) is 13.7 Å². The molecule has 1 saturated heterocycles. The van der Waals surface area contributed by atoms with Gasteiger partial charge in [-0.15, -0.1) is 0 Å². The summed E-state index contributed by atoms with van der Waals surface area (Å²) in [6.07, 6.45) is 2.61. The van der Waals surface area contributed by atoms with Gasteiger partial charge in [-0.1, -0.05) is 31.2 Å². The fourth-order valence-electron chi connectivity index (χ4n) is 3.62. The molecule has 3 rings (SSSR count). The SMILES string of the molecule is COc1ccccc1OCCNC(=O)c1ccc(CN2CCC[C@H](C)C2)cc1. The van der Waals surface area contributed by atoms with E-state index >= 15 is 0 Å². The van der Waals surface area contributed by atoms with Gasteiger partial charge in [0.1, 0.15) is 6.61 Å². The third-order valence-corrected chi connectivity index (χ3v) is 5.08. The summed E-state index contributed by atoms with van der Waals surface area (Å²) in [7, 11) is 1.61. The van der Waals surface area contributed by atoms with Gasteiger partial charge in [-0.3, -0.25) is 9.69 Å². The summed E-state index contributed by atoms with van der Waals surface area (Å²) in [5.74, 6) is 2.06. The lowest BCUT2D eigenvalue weighted by molar-refractivity contribution is 0.0947. The van der Waals surface area contributed by atoms with Crippen LogP contribution in [0.3, 0.4) is 0 Å². The van der Waals surface area contributed by atoms with E-state index in [-0.39, 0.29) is 5.91 Å². The topological polar surface area (TPSA) is 50.8 Å². The number of nitrogens with zero attached hydrogens (tertiary/aromatic N) is 1. The predicted molar refractivity (Wildman–Crippen MR) is 111 cm³/mol. The minimum absolute atomic E-state index is 0.0817. The van der Waals surface area contributed by atoms with Crippen molar-refractivity contribution in [3.8, 4) is 11.5 Å². The molecule has 1 heterocycles. The molecule has 1 fully saturated rings. The van der Waals surface area contributed by atoms with Gasteiger partial charge < -0.3 is 14.8 Å². The van der Waals surface area contributed by atoms with Crippen molar-refractivity contribution in [2.45, 2.75) is 26.3 Å². The first kappa shape index (κ1) is 20.2. The first-order chi connectivity index (χ1) is 13.7. The van der Waals surface area contributed by atoms with Gasteiger partial charge in [0.25, 0.3) is 5.91 Å². The van der Waals surface area contributed by atoms with Gasteiger partial charge in [-0.25, -0.2) is 0 Å². The van der Waals surface area contributed by atoms with E-state index in [1.165, 1.54) is 24.9 Å². The van der Waals surface area contributed by atoms with Crippen LogP contribution in [0.1, 0.15) is 35.7 Å². The van der Waals surface area contributed by atoms with Crippen molar-refractivity contribution < 1.29 is 14.3 Å². The Morgan fingerprint density at radius 1 is 1.14 bits per heavy atom. The monoisotopic (exact) mass is 382 g/mol. The van der Waals surface area contributed by atoms with E-state index in [0.29, 0.717) is 30.2 Å². The van der Waals surface area contributed by atoms with Gasteiger partial charge in [-0.2, -0.15) is 0 Å². The van der Waals surface area contributed by atoms with Crippen LogP contribution in [0.15, 0.2) is 48.5 Å². The molecule has 28 heavy (non-hydrogen) atoms. The van der Waals surface area contributed by atoms with Gasteiger partial charge in [0, 0.05) is 18.7 Å². The molecule has 1 aliphatic heterocycles. The zero-order valence-electron chi connectivity index (χ0n) is 16.8. The van der Waals surface area contributed by atoms with Gasteiger partial charge >= 0.3 is 0 Å². The Balaban J connectivity index is 1.43. The fraction of sp³-hybridized carbons (Fsp3) is 0.435. The average molecular weight is 383 g/mol. The minimum Gasteiger partial charge on any atom is -0.493 e. The van der Waals surface area contributed by atoms with Crippen LogP contribution in [0.4, 0.5) is 0 Å². The lowest BCUT2D eigenvalue weighted by Crippen LogP contribution is -2.33. The maximum Gasteiger partial charge on any atom is 0.251 e. The van der Waals surface area contributed by atoms with E-state index in [9.17, 15) is 4.79 Å². The summed E-state index contributed by atoms with van der Waals surface area (Å²) >= 11 is 0. The van der Waals surface area contributed by atoms with Crippen molar-refractivity contribution >= 4 is 5.91 Å². The Labute approximate surface area is 167 Å². The standard InChI is InChI=1S/C23H30N2O3/c1-18-6-5-14-25(16-18)17-19-9-11-20(12-10-19)23(26)24-13-15-28-22-8-4-3-7-21(22)27-2/h3-4,7-12,18H,5-6,13-17H2,1-2H3,(H,24,26)/t18-/m0/s1. The van der Waals surface area contributed by atoms with Crippen molar-refractivity contribution in [3.05, 3.63) is 59.7 Å². The first-order valence-corrected chi connectivity index (χ1v) is 10.0. The van der Waals surface area contributed by atoms with Crippen LogP contribution in [0.5, 0.6) is 11.5 Å². The molecular formula is C23H30N2O3. The van der Waals surface area contributed by atoms with Crippen LogP contribution < -0.4 is 14.8 Å². The number of piperidine rings is 1. The number of carbonyl (C=O) groups is 1. The molecule has 0 aliphatic carbocycles. The summed E-state index contributed by atoms with van der Waals surface area (Å²) in [6, 6.07) is 15.4. The van der Waals surface area contributed by atoms with Gasteiger partial charge in [-0.05, 0) is 55.1 Å². The largest absolute Gasteiger partial charge is 0.493 e. The molecule has 1 atom stereocenters. The van der Waals surface area contributed by atoms with Gasteiger partial charge in [0.2, 0.25) is 0 Å². The van der Waals surface area contributed by atoms with Crippen LogP contribution in [0.2, 0.25) is 0 Å². The van der Waals surface area contributed by atoms with Crippen molar-refractivity contribution in [3.63, 3.8) is 0 Å². The van der Waals surface area contributed by atoms with Gasteiger partial charge in [0.15, 0.2) is 11.5 Å². The van der Waals surface area contributed by atoms with Crippen LogP contribution in [0, 0.1) is 5.92 Å². The average Bonchev–Trinajstić information content (AvgIpc) is 2.72. The van der Waals surface area contributed by atoms with Crippen molar-refractivity contribution in [2.24, 2.45) is 5.92 Å². The van der Waals surface area contributed by atoms with E-state index < -0.39 is 0 Å². The molecule has 2 aromatic carbocycles. The summed E-state index contributed by atoms with van der Waals surface area (Å²) in [4.78, 5) is 14.8. The zero-order valence-corrected chi connectivity index (χ0v) is 16.8. The fourth-order valence-corrected chi connectivity index (χ4v) is 3.62. The highest BCUT2D eigenvalue weighted by molar-refractivity contribution is 5.94. The number of carbonyl (C=O) groups excluding carboxylic acids is 1. The molecule has 0 spiro atoms. The number of rotatable bonds is 8. The second kappa shape index (κ2) is 10.1. The van der Waals surface area contributed by atoms with Crippen molar-refractivity contribution in [1.29, 1.82) is 0 Å². The van der Waals surface area contributed by atoms with E-state index in [0.717, 1.165) is 19.0 Å². The maximum absolute atomic E-state index is 12.3. The quantitative estimate of drug-likeness (QED) is 0.707. The Kier molecular flexibility index (Phi) is 7.31. The molecule has 1 amide bonds. The number of nitrogens with one attached hydrogen (secondary N) is 1. The zero-order chi connectivity index (χ0) is 19.8. The summed E-state index contributed by atoms with van der Waals surface area (Å²) in [6.45, 7) is 6.42. The highest BCUT2D eigenvalue weighted by Crippen LogP contribution is 2.25. The number of amides is 1. The molecule has 1 N–H and O–H groups in total. The Morgan fingerprint density at radius 3 is 2.61 bits per heavy atom. The molecular weight excluding hydrogens is 352 g/mol. The second-order valence-corrected chi connectivity index (χ2v) is 7.43.